The lowest BCUT2D eigenvalue weighted by atomic mass is 10.2. The molecule has 0 unspecified atom stereocenters. The van der Waals surface area contributed by atoms with E-state index in [1.165, 1.54) is 0 Å². The summed E-state index contributed by atoms with van der Waals surface area (Å²) in [5, 5.41) is 3.25. The molecule has 122 valence electrons. The normalized spacial score (nSPS) is 18.0. The molecule has 0 amide bonds. The van der Waals surface area contributed by atoms with E-state index in [-0.39, 0.29) is 6.10 Å². The van der Waals surface area contributed by atoms with Crippen molar-refractivity contribution in [3.63, 3.8) is 0 Å². The van der Waals surface area contributed by atoms with E-state index < -0.39 is 0 Å². The topological polar surface area (TPSA) is 63.2 Å². The quantitative estimate of drug-likeness (QED) is 0.934. The van der Waals surface area contributed by atoms with E-state index >= 15 is 0 Å². The highest BCUT2D eigenvalue weighted by atomic mass is 16.5. The minimum Gasteiger partial charge on any atom is -0.375 e. The highest BCUT2D eigenvalue weighted by molar-refractivity contribution is 5.40. The molecule has 0 aliphatic carbocycles. The number of pyridine rings is 1. The van der Waals surface area contributed by atoms with Crippen LogP contribution in [0.4, 0.5) is 11.8 Å². The summed E-state index contributed by atoms with van der Waals surface area (Å²) in [5.41, 5.74) is 3.04. The summed E-state index contributed by atoms with van der Waals surface area (Å²) in [6.07, 6.45) is 2.17. The molecule has 1 atom stereocenters. The predicted molar refractivity (Wildman–Crippen MR) is 90.7 cm³/mol. The van der Waals surface area contributed by atoms with E-state index in [0.29, 0.717) is 12.5 Å². The number of aryl methyl sites for hydroxylation is 2. The van der Waals surface area contributed by atoms with Crippen molar-refractivity contribution < 1.29 is 4.74 Å². The molecular formula is C17H23N5O. The first kappa shape index (κ1) is 15.7. The van der Waals surface area contributed by atoms with Crippen molar-refractivity contribution in [1.82, 2.24) is 15.0 Å². The molecule has 1 aliphatic heterocycles. The SMILES string of the molecule is Cc1cc(C)nc(NCc2ccc(N3CCO[C@H](C)C3)nc2)n1. The molecule has 1 fully saturated rings. The van der Waals surface area contributed by atoms with Crippen LogP contribution in [0.15, 0.2) is 24.4 Å². The lowest BCUT2D eigenvalue weighted by Gasteiger charge is -2.32. The van der Waals surface area contributed by atoms with Gasteiger partial charge < -0.3 is 15.0 Å². The van der Waals surface area contributed by atoms with Crippen molar-refractivity contribution in [2.75, 3.05) is 29.9 Å². The fraction of sp³-hybridized carbons (Fsp3) is 0.471. The van der Waals surface area contributed by atoms with E-state index in [9.17, 15) is 0 Å². The van der Waals surface area contributed by atoms with Gasteiger partial charge in [-0.05, 0) is 38.5 Å². The largest absolute Gasteiger partial charge is 0.375 e. The van der Waals surface area contributed by atoms with Crippen LogP contribution in [0.2, 0.25) is 0 Å². The second-order valence-electron chi connectivity index (χ2n) is 5.98. The van der Waals surface area contributed by atoms with Crippen LogP contribution < -0.4 is 10.2 Å². The van der Waals surface area contributed by atoms with Gasteiger partial charge in [0.1, 0.15) is 5.82 Å². The predicted octanol–water partition coefficient (Wildman–Crippen LogP) is 2.33. The van der Waals surface area contributed by atoms with Crippen LogP contribution in [0.1, 0.15) is 23.9 Å². The van der Waals surface area contributed by atoms with Gasteiger partial charge in [0.2, 0.25) is 5.95 Å². The molecule has 0 aromatic carbocycles. The molecule has 1 saturated heterocycles. The molecule has 6 nitrogen and oxygen atoms in total. The van der Waals surface area contributed by atoms with Crippen LogP contribution in [-0.4, -0.2) is 40.8 Å². The summed E-state index contributed by atoms with van der Waals surface area (Å²) in [4.78, 5) is 15.6. The average Bonchev–Trinajstić information content (AvgIpc) is 2.52. The molecule has 0 spiro atoms. The lowest BCUT2D eigenvalue weighted by molar-refractivity contribution is 0.0529. The number of hydrogen-bond donors (Lipinski definition) is 1. The Hall–Kier alpha value is -2.21. The summed E-state index contributed by atoms with van der Waals surface area (Å²) in [6.45, 7) is 9.24. The van der Waals surface area contributed by atoms with Crippen LogP contribution in [0.5, 0.6) is 0 Å². The monoisotopic (exact) mass is 313 g/mol. The van der Waals surface area contributed by atoms with E-state index in [2.05, 4.69) is 44.2 Å². The molecule has 3 rings (SSSR count). The fourth-order valence-corrected chi connectivity index (χ4v) is 2.72. The van der Waals surface area contributed by atoms with Crippen LogP contribution in [0, 0.1) is 13.8 Å². The summed E-state index contributed by atoms with van der Waals surface area (Å²) < 4.78 is 5.57. The Labute approximate surface area is 136 Å². The van der Waals surface area contributed by atoms with Crippen molar-refractivity contribution in [3.05, 3.63) is 41.3 Å². The van der Waals surface area contributed by atoms with E-state index in [1.807, 2.05) is 26.1 Å². The van der Waals surface area contributed by atoms with Crippen molar-refractivity contribution in [2.24, 2.45) is 0 Å². The van der Waals surface area contributed by atoms with Gasteiger partial charge in [0.15, 0.2) is 0 Å². The summed E-state index contributed by atoms with van der Waals surface area (Å²) in [7, 11) is 0. The third-order valence-corrected chi connectivity index (χ3v) is 3.81. The number of nitrogens with one attached hydrogen (secondary N) is 1. The first-order chi connectivity index (χ1) is 11.1. The Morgan fingerprint density at radius 1 is 1.26 bits per heavy atom. The van der Waals surface area contributed by atoms with Crippen LogP contribution >= 0.6 is 0 Å². The molecular weight excluding hydrogens is 290 g/mol. The Morgan fingerprint density at radius 3 is 2.70 bits per heavy atom. The Kier molecular flexibility index (Phi) is 4.71. The van der Waals surface area contributed by atoms with Gasteiger partial charge in [-0.3, -0.25) is 0 Å². The van der Waals surface area contributed by atoms with Crippen LogP contribution in [0.25, 0.3) is 0 Å². The number of hydrogen-bond acceptors (Lipinski definition) is 6. The molecule has 6 heteroatoms. The molecule has 0 radical (unpaired) electrons. The molecule has 0 bridgehead atoms. The fourth-order valence-electron chi connectivity index (χ4n) is 2.72. The highest BCUT2D eigenvalue weighted by Crippen LogP contribution is 2.16. The zero-order valence-corrected chi connectivity index (χ0v) is 13.9. The molecule has 23 heavy (non-hydrogen) atoms. The summed E-state index contributed by atoms with van der Waals surface area (Å²) in [6, 6.07) is 6.13. The van der Waals surface area contributed by atoms with Gasteiger partial charge in [-0.1, -0.05) is 6.07 Å². The second kappa shape index (κ2) is 6.91. The van der Waals surface area contributed by atoms with E-state index in [0.717, 1.165) is 42.5 Å². The molecule has 2 aromatic rings. The average molecular weight is 313 g/mol. The van der Waals surface area contributed by atoms with Gasteiger partial charge >= 0.3 is 0 Å². The van der Waals surface area contributed by atoms with Crippen molar-refractivity contribution in [1.29, 1.82) is 0 Å². The van der Waals surface area contributed by atoms with Crippen LogP contribution in [0.3, 0.4) is 0 Å². The Balaban J connectivity index is 1.61. The number of morpholine rings is 1. The summed E-state index contributed by atoms with van der Waals surface area (Å²) in [5.74, 6) is 1.67. The van der Waals surface area contributed by atoms with E-state index in [4.69, 9.17) is 4.74 Å². The molecule has 2 aromatic heterocycles. The molecule has 0 saturated carbocycles. The Morgan fingerprint density at radius 2 is 2.04 bits per heavy atom. The second-order valence-corrected chi connectivity index (χ2v) is 5.98. The van der Waals surface area contributed by atoms with Gasteiger partial charge in [0.05, 0.1) is 12.7 Å². The maximum Gasteiger partial charge on any atom is 0.223 e. The standard InChI is InChI=1S/C17H23N5O/c1-12-8-13(2)21-17(20-12)19-10-15-4-5-16(18-9-15)22-6-7-23-14(3)11-22/h4-5,8-9,14H,6-7,10-11H2,1-3H3,(H,19,20,21)/t14-/m1/s1. The number of ether oxygens (including phenoxy) is 1. The minimum atomic E-state index is 0.258. The third-order valence-electron chi connectivity index (χ3n) is 3.81. The van der Waals surface area contributed by atoms with Crippen LogP contribution in [-0.2, 0) is 11.3 Å². The minimum absolute atomic E-state index is 0.258. The van der Waals surface area contributed by atoms with Gasteiger partial charge in [0.25, 0.3) is 0 Å². The van der Waals surface area contributed by atoms with Crippen molar-refractivity contribution >= 4 is 11.8 Å². The first-order valence-corrected chi connectivity index (χ1v) is 7.98. The zero-order chi connectivity index (χ0) is 16.2. The summed E-state index contributed by atoms with van der Waals surface area (Å²) >= 11 is 0. The first-order valence-electron chi connectivity index (χ1n) is 7.98. The number of rotatable bonds is 4. The zero-order valence-electron chi connectivity index (χ0n) is 13.9. The van der Waals surface area contributed by atoms with Crippen molar-refractivity contribution in [2.45, 2.75) is 33.4 Å². The lowest BCUT2D eigenvalue weighted by Crippen LogP contribution is -2.41. The molecule has 1 N–H and O–H groups in total. The van der Waals surface area contributed by atoms with Gasteiger partial charge in [-0.2, -0.15) is 0 Å². The van der Waals surface area contributed by atoms with Crippen molar-refractivity contribution in [3.8, 4) is 0 Å². The Bertz CT molecular complexity index is 638. The highest BCUT2D eigenvalue weighted by Gasteiger charge is 2.17. The van der Waals surface area contributed by atoms with Gasteiger partial charge in [0, 0.05) is 37.2 Å². The molecule has 1 aliphatic rings. The third kappa shape index (κ3) is 4.16. The number of anilines is 2. The van der Waals surface area contributed by atoms with Gasteiger partial charge in [-0.15, -0.1) is 0 Å². The smallest absolute Gasteiger partial charge is 0.223 e. The van der Waals surface area contributed by atoms with Gasteiger partial charge in [-0.25, -0.2) is 15.0 Å². The molecule has 3 heterocycles. The maximum atomic E-state index is 5.57. The maximum absolute atomic E-state index is 5.57. The number of aromatic nitrogens is 3. The number of nitrogens with zero attached hydrogens (tertiary/aromatic N) is 4. The van der Waals surface area contributed by atoms with E-state index in [1.54, 1.807) is 0 Å².